The number of nitrogens with one attached hydrogen (secondary N) is 5. The van der Waals surface area contributed by atoms with Crippen molar-refractivity contribution in [3.63, 3.8) is 0 Å². The summed E-state index contributed by atoms with van der Waals surface area (Å²) in [6.45, 7) is 3.44. The molecule has 208 valence electrons. The average molecular weight is 578 g/mol. The van der Waals surface area contributed by atoms with E-state index in [9.17, 15) is 26.0 Å². The lowest BCUT2D eigenvalue weighted by molar-refractivity contribution is -0.114. The zero-order valence-electron chi connectivity index (χ0n) is 21.2. The minimum absolute atomic E-state index is 0.0392. The van der Waals surface area contributed by atoms with Crippen LogP contribution >= 0.6 is 0 Å². The Morgan fingerprint density at radius 2 is 1.95 bits per heavy atom. The van der Waals surface area contributed by atoms with E-state index in [2.05, 4.69) is 35.4 Å². The molecule has 1 aromatic heterocycles. The largest absolute Gasteiger partial charge is 0.370 e. The molecule has 0 spiro atoms. The van der Waals surface area contributed by atoms with Crippen molar-refractivity contribution in [2.75, 3.05) is 35.6 Å². The number of carbonyl (C=O) groups is 1. The Bertz CT molecular complexity index is 1620. The Morgan fingerprint density at radius 3 is 2.72 bits per heavy atom. The van der Waals surface area contributed by atoms with Gasteiger partial charge >= 0.3 is 0 Å². The molecule has 0 unspecified atom stereocenters. The molecule has 0 atom stereocenters. The van der Waals surface area contributed by atoms with Gasteiger partial charge in [-0.1, -0.05) is 6.07 Å². The van der Waals surface area contributed by atoms with Crippen molar-refractivity contribution in [1.82, 2.24) is 19.4 Å². The normalized spacial score (nSPS) is 15.1. The van der Waals surface area contributed by atoms with Crippen LogP contribution in [-0.2, 0) is 31.3 Å². The Morgan fingerprint density at radius 1 is 1.15 bits per heavy atom. The second kappa shape index (κ2) is 11.6. The van der Waals surface area contributed by atoms with E-state index in [1.165, 1.54) is 37.4 Å². The summed E-state index contributed by atoms with van der Waals surface area (Å²) in [5.41, 5.74) is 1.80. The molecule has 0 aliphatic carbocycles. The topological polar surface area (TPSA) is 171 Å². The van der Waals surface area contributed by atoms with Gasteiger partial charge in [-0.15, -0.1) is 0 Å². The Labute approximate surface area is 225 Å². The van der Waals surface area contributed by atoms with Crippen molar-refractivity contribution < 1.29 is 26.0 Å². The predicted octanol–water partition coefficient (Wildman–Crippen LogP) is 2.24. The number of halogens is 1. The van der Waals surface area contributed by atoms with Crippen molar-refractivity contribution in [3.8, 4) is 0 Å². The van der Waals surface area contributed by atoms with Crippen LogP contribution in [0.25, 0.3) is 0 Å². The first kappa shape index (κ1) is 28.4. The summed E-state index contributed by atoms with van der Waals surface area (Å²) in [4.78, 5) is 19.9. The van der Waals surface area contributed by atoms with E-state index in [1.54, 1.807) is 13.0 Å². The zero-order valence-corrected chi connectivity index (χ0v) is 22.8. The van der Waals surface area contributed by atoms with Crippen molar-refractivity contribution in [1.29, 1.82) is 0 Å². The summed E-state index contributed by atoms with van der Waals surface area (Å²) < 4.78 is 70.0. The number of carbonyl (C=O) groups excluding carboxylic acids is 1. The molecule has 2 aromatic carbocycles. The van der Waals surface area contributed by atoms with E-state index >= 15 is 0 Å². The minimum Gasteiger partial charge on any atom is -0.370 e. The number of hydrogen-bond acceptors (Lipinski definition) is 9. The van der Waals surface area contributed by atoms with E-state index < -0.39 is 30.8 Å². The zero-order chi connectivity index (χ0) is 28.2. The van der Waals surface area contributed by atoms with Gasteiger partial charge in [-0.2, -0.15) is 4.98 Å². The minimum atomic E-state index is -4.08. The first-order valence-corrected chi connectivity index (χ1v) is 14.9. The highest BCUT2D eigenvalue weighted by molar-refractivity contribution is 7.89. The standard InChI is InChI=1S/C24H28FN7O5S2/c1-15-4-5-21(25)22(10-15)39(36,37)29-9-6-17-14-27-24-31-19-11-18(30-16(2)33)12-20(13-19)38(34,35)28-8-3-7-26-23(17)32-24/h4-5,10-14,28-29H,3,6-9H2,1-2H3,(H,30,33)(H2,26,27,31,32). The SMILES string of the molecule is CC(=O)Nc1cc2cc(c1)S(=O)(=O)NCCCNc1nc(ncc1CCNS(=O)(=O)c1cc(C)ccc1F)N2. The Kier molecular flexibility index (Phi) is 8.44. The Hall–Kier alpha value is -3.66. The first-order chi connectivity index (χ1) is 18.4. The number of rotatable bonds is 6. The Balaban J connectivity index is 1.57. The van der Waals surface area contributed by atoms with E-state index in [4.69, 9.17) is 0 Å². The maximum Gasteiger partial charge on any atom is 0.243 e. The lowest BCUT2D eigenvalue weighted by atomic mass is 10.2. The van der Waals surface area contributed by atoms with Crippen molar-refractivity contribution >= 4 is 49.1 Å². The van der Waals surface area contributed by atoms with Crippen molar-refractivity contribution in [2.45, 2.75) is 36.5 Å². The van der Waals surface area contributed by atoms with Crippen LogP contribution in [-0.4, -0.2) is 52.3 Å². The molecule has 15 heteroatoms. The van der Waals surface area contributed by atoms with Gasteiger partial charge in [-0.25, -0.2) is 35.7 Å². The lowest BCUT2D eigenvalue weighted by Gasteiger charge is -2.14. The van der Waals surface area contributed by atoms with Crippen LogP contribution in [0.15, 0.2) is 52.4 Å². The molecule has 0 radical (unpaired) electrons. The summed E-state index contributed by atoms with van der Waals surface area (Å²) in [6.07, 6.45) is 2.14. The number of hydrogen-bond donors (Lipinski definition) is 5. The molecule has 0 saturated carbocycles. The summed E-state index contributed by atoms with van der Waals surface area (Å²) in [5.74, 6) is -0.630. The summed E-state index contributed by atoms with van der Waals surface area (Å²) in [5, 5.41) is 8.68. The number of sulfonamides is 2. The molecule has 0 saturated heterocycles. The van der Waals surface area contributed by atoms with Gasteiger partial charge in [0.1, 0.15) is 16.5 Å². The molecule has 1 aliphatic rings. The molecule has 12 nitrogen and oxygen atoms in total. The third-order valence-corrected chi connectivity index (χ3v) is 8.58. The first-order valence-electron chi connectivity index (χ1n) is 12.0. The van der Waals surface area contributed by atoms with Gasteiger partial charge in [0.25, 0.3) is 0 Å². The van der Waals surface area contributed by atoms with Gasteiger partial charge < -0.3 is 16.0 Å². The van der Waals surface area contributed by atoms with Gasteiger partial charge in [-0.3, -0.25) is 4.79 Å². The van der Waals surface area contributed by atoms with E-state index in [0.717, 1.165) is 6.07 Å². The molecule has 1 aliphatic heterocycles. The average Bonchev–Trinajstić information content (AvgIpc) is 2.85. The fraction of sp³-hybridized carbons (Fsp3) is 0.292. The van der Waals surface area contributed by atoms with Crippen LogP contribution in [0.4, 0.5) is 27.5 Å². The molecule has 5 N–H and O–H groups in total. The molecule has 39 heavy (non-hydrogen) atoms. The quantitative estimate of drug-likeness (QED) is 0.295. The van der Waals surface area contributed by atoms with Crippen molar-refractivity contribution in [2.24, 2.45) is 0 Å². The van der Waals surface area contributed by atoms with Crippen LogP contribution in [0.2, 0.25) is 0 Å². The van der Waals surface area contributed by atoms with Crippen LogP contribution < -0.4 is 25.4 Å². The number of fused-ring (bicyclic) bond motifs is 4. The van der Waals surface area contributed by atoms with E-state index in [1.807, 2.05) is 0 Å². The van der Waals surface area contributed by atoms with Crippen molar-refractivity contribution in [3.05, 3.63) is 59.5 Å². The molecule has 1 amide bonds. The third-order valence-electron chi connectivity index (χ3n) is 5.66. The fourth-order valence-electron chi connectivity index (χ4n) is 3.83. The molecule has 4 rings (SSSR count). The molecule has 0 fully saturated rings. The fourth-order valence-corrected chi connectivity index (χ4v) is 6.17. The maximum atomic E-state index is 14.1. The third kappa shape index (κ3) is 7.26. The molecule has 3 aromatic rings. The van der Waals surface area contributed by atoms with Gasteiger partial charge in [0.15, 0.2) is 0 Å². The lowest BCUT2D eigenvalue weighted by Crippen LogP contribution is -2.27. The highest BCUT2D eigenvalue weighted by Crippen LogP contribution is 2.26. The highest BCUT2D eigenvalue weighted by atomic mass is 32.2. The summed E-state index contributed by atoms with van der Waals surface area (Å²) >= 11 is 0. The van der Waals surface area contributed by atoms with E-state index in [0.29, 0.717) is 35.6 Å². The molecular weight excluding hydrogens is 549 g/mol. The maximum absolute atomic E-state index is 14.1. The number of anilines is 4. The monoisotopic (exact) mass is 577 g/mol. The molecular formula is C24H28FN7O5S2. The number of amides is 1. The molecule has 2 heterocycles. The number of aryl methyl sites for hydroxylation is 1. The number of benzene rings is 2. The van der Waals surface area contributed by atoms with Gasteiger partial charge in [0.2, 0.25) is 31.9 Å². The van der Waals surface area contributed by atoms with Crippen LogP contribution in [0.1, 0.15) is 24.5 Å². The summed E-state index contributed by atoms with van der Waals surface area (Å²) in [6, 6.07) is 8.16. The van der Waals surface area contributed by atoms with Gasteiger partial charge in [0.05, 0.1) is 4.90 Å². The second-order valence-electron chi connectivity index (χ2n) is 8.88. The van der Waals surface area contributed by atoms with Crippen LogP contribution in [0.3, 0.4) is 0 Å². The van der Waals surface area contributed by atoms with E-state index in [-0.39, 0.29) is 41.9 Å². The second-order valence-corrected chi connectivity index (χ2v) is 12.4. The number of nitrogens with zero attached hydrogens (tertiary/aromatic N) is 2. The van der Waals surface area contributed by atoms with Gasteiger partial charge in [-0.05, 0) is 55.7 Å². The molecule has 4 bridgehead atoms. The van der Waals surface area contributed by atoms with Gasteiger partial charge in [0, 0.05) is 49.7 Å². The number of aromatic nitrogens is 2. The van der Waals surface area contributed by atoms with Crippen LogP contribution in [0.5, 0.6) is 0 Å². The highest BCUT2D eigenvalue weighted by Gasteiger charge is 2.20. The van der Waals surface area contributed by atoms with Crippen LogP contribution in [0, 0.1) is 12.7 Å². The smallest absolute Gasteiger partial charge is 0.243 e. The summed E-state index contributed by atoms with van der Waals surface area (Å²) in [7, 11) is -7.94. The predicted molar refractivity (Wildman–Crippen MR) is 144 cm³/mol.